The van der Waals surface area contributed by atoms with Crippen molar-refractivity contribution in [2.75, 3.05) is 19.7 Å². The summed E-state index contributed by atoms with van der Waals surface area (Å²) in [6.45, 7) is 3.15. The lowest BCUT2D eigenvalue weighted by molar-refractivity contribution is 0.0904. The fourth-order valence-electron chi connectivity index (χ4n) is 2.59. The first-order valence-electron chi connectivity index (χ1n) is 6.64. The highest BCUT2D eigenvalue weighted by Gasteiger charge is 2.30. The zero-order valence-corrected chi connectivity index (χ0v) is 10.4. The molecule has 0 radical (unpaired) electrons. The third-order valence-corrected chi connectivity index (χ3v) is 3.80. The quantitative estimate of drug-likeness (QED) is 0.840. The van der Waals surface area contributed by atoms with E-state index in [2.05, 4.69) is 16.6 Å². The molecule has 2 atom stereocenters. The molecule has 2 heterocycles. The molecule has 1 saturated carbocycles. The molecule has 2 fully saturated rings. The Hall–Kier alpha value is -0.870. The second-order valence-corrected chi connectivity index (χ2v) is 5.39. The molecule has 0 aromatic carbocycles. The number of aryl methyl sites for hydroxylation is 1. The second kappa shape index (κ2) is 4.78. The van der Waals surface area contributed by atoms with Crippen molar-refractivity contribution in [1.82, 2.24) is 15.1 Å². The summed E-state index contributed by atoms with van der Waals surface area (Å²) < 4.78 is 7.70. The van der Waals surface area contributed by atoms with Crippen molar-refractivity contribution < 1.29 is 4.74 Å². The molecule has 1 N–H and O–H groups in total. The van der Waals surface area contributed by atoms with Gasteiger partial charge in [0.15, 0.2) is 0 Å². The van der Waals surface area contributed by atoms with Crippen molar-refractivity contribution in [2.24, 2.45) is 18.9 Å². The van der Waals surface area contributed by atoms with Crippen LogP contribution in [0.3, 0.4) is 0 Å². The molecule has 1 aliphatic heterocycles. The Labute approximate surface area is 102 Å². The molecule has 2 aliphatic rings. The molecule has 0 unspecified atom stereocenters. The van der Waals surface area contributed by atoms with E-state index in [9.17, 15) is 0 Å². The number of hydrogen-bond acceptors (Lipinski definition) is 3. The highest BCUT2D eigenvalue weighted by molar-refractivity contribution is 5.11. The fourth-order valence-corrected chi connectivity index (χ4v) is 2.59. The Morgan fingerprint density at radius 2 is 2.29 bits per heavy atom. The number of rotatable bonds is 5. The standard InChI is InChI=1S/C13H21N3O/c1-16-9-12(8-15-16)13-11(4-5-17-13)7-14-6-10-2-3-10/h8-11,13-14H,2-7H2,1H3/t11-,13+/m0/s1. The lowest BCUT2D eigenvalue weighted by Gasteiger charge is -2.17. The van der Waals surface area contributed by atoms with Crippen LogP contribution in [-0.4, -0.2) is 29.5 Å². The third kappa shape index (κ3) is 2.69. The van der Waals surface area contributed by atoms with Gasteiger partial charge in [0.05, 0.1) is 12.3 Å². The van der Waals surface area contributed by atoms with Crippen molar-refractivity contribution in [3.05, 3.63) is 18.0 Å². The molecular weight excluding hydrogens is 214 g/mol. The fraction of sp³-hybridized carbons (Fsp3) is 0.769. The Bertz CT molecular complexity index is 372. The van der Waals surface area contributed by atoms with Crippen LogP contribution in [-0.2, 0) is 11.8 Å². The summed E-state index contributed by atoms with van der Waals surface area (Å²) in [5.41, 5.74) is 1.23. The van der Waals surface area contributed by atoms with E-state index in [4.69, 9.17) is 4.74 Å². The number of aromatic nitrogens is 2. The molecule has 1 aromatic heterocycles. The van der Waals surface area contributed by atoms with Crippen molar-refractivity contribution in [3.63, 3.8) is 0 Å². The summed E-state index contributed by atoms with van der Waals surface area (Å²) in [5, 5.41) is 7.82. The van der Waals surface area contributed by atoms with Gasteiger partial charge in [-0.15, -0.1) is 0 Å². The molecule has 94 valence electrons. The Morgan fingerprint density at radius 3 is 3.00 bits per heavy atom. The maximum atomic E-state index is 5.84. The average Bonchev–Trinajstić information content (AvgIpc) is 2.85. The van der Waals surface area contributed by atoms with Gasteiger partial charge in [-0.05, 0) is 31.7 Å². The van der Waals surface area contributed by atoms with E-state index >= 15 is 0 Å². The molecule has 0 bridgehead atoms. The van der Waals surface area contributed by atoms with E-state index in [-0.39, 0.29) is 6.10 Å². The molecule has 17 heavy (non-hydrogen) atoms. The largest absolute Gasteiger partial charge is 0.373 e. The highest BCUT2D eigenvalue weighted by atomic mass is 16.5. The molecule has 4 nitrogen and oxygen atoms in total. The number of hydrogen-bond donors (Lipinski definition) is 1. The van der Waals surface area contributed by atoms with E-state index < -0.39 is 0 Å². The Morgan fingerprint density at radius 1 is 1.41 bits per heavy atom. The van der Waals surface area contributed by atoms with Crippen LogP contribution in [0.1, 0.15) is 30.9 Å². The minimum Gasteiger partial charge on any atom is -0.373 e. The third-order valence-electron chi connectivity index (χ3n) is 3.80. The van der Waals surface area contributed by atoms with Gasteiger partial charge in [0.25, 0.3) is 0 Å². The van der Waals surface area contributed by atoms with Gasteiger partial charge in [0, 0.05) is 37.9 Å². The first kappa shape index (κ1) is 11.2. The van der Waals surface area contributed by atoms with Gasteiger partial charge in [-0.1, -0.05) is 0 Å². The van der Waals surface area contributed by atoms with E-state index in [0.717, 1.165) is 25.5 Å². The SMILES string of the molecule is Cn1cc([C@@H]2OCC[C@H]2CNCC2CC2)cn1. The number of nitrogens with one attached hydrogen (secondary N) is 1. The van der Waals surface area contributed by atoms with Crippen molar-refractivity contribution >= 4 is 0 Å². The summed E-state index contributed by atoms with van der Waals surface area (Å²) in [7, 11) is 1.96. The number of ether oxygens (including phenoxy) is 1. The van der Waals surface area contributed by atoms with E-state index in [1.54, 1.807) is 0 Å². The predicted molar refractivity (Wildman–Crippen MR) is 65.6 cm³/mol. The lowest BCUT2D eigenvalue weighted by Crippen LogP contribution is -2.26. The molecule has 0 spiro atoms. The zero-order valence-electron chi connectivity index (χ0n) is 10.4. The summed E-state index contributed by atoms with van der Waals surface area (Å²) in [5.74, 6) is 1.56. The second-order valence-electron chi connectivity index (χ2n) is 5.39. The molecule has 1 aromatic rings. The van der Waals surface area contributed by atoms with Crippen LogP contribution in [0, 0.1) is 11.8 Å². The Kier molecular flexibility index (Phi) is 3.16. The van der Waals surface area contributed by atoms with Gasteiger partial charge in [-0.25, -0.2) is 0 Å². The van der Waals surface area contributed by atoms with Crippen LogP contribution in [0.25, 0.3) is 0 Å². The first-order chi connectivity index (χ1) is 8.33. The van der Waals surface area contributed by atoms with Gasteiger partial charge in [0.2, 0.25) is 0 Å². The van der Waals surface area contributed by atoms with Crippen LogP contribution < -0.4 is 5.32 Å². The van der Waals surface area contributed by atoms with Crippen LogP contribution in [0.2, 0.25) is 0 Å². The monoisotopic (exact) mass is 235 g/mol. The average molecular weight is 235 g/mol. The summed E-state index contributed by atoms with van der Waals surface area (Å²) in [4.78, 5) is 0. The van der Waals surface area contributed by atoms with Crippen molar-refractivity contribution in [2.45, 2.75) is 25.4 Å². The van der Waals surface area contributed by atoms with E-state index in [0.29, 0.717) is 5.92 Å². The summed E-state index contributed by atoms with van der Waals surface area (Å²) in [6.07, 6.45) is 8.25. The molecule has 4 heteroatoms. The van der Waals surface area contributed by atoms with Crippen LogP contribution in [0.5, 0.6) is 0 Å². The topological polar surface area (TPSA) is 39.1 Å². The normalized spacial score (nSPS) is 28.8. The van der Waals surface area contributed by atoms with Gasteiger partial charge >= 0.3 is 0 Å². The van der Waals surface area contributed by atoms with Gasteiger partial charge in [-0.2, -0.15) is 5.10 Å². The zero-order chi connectivity index (χ0) is 11.7. The molecule has 1 saturated heterocycles. The predicted octanol–water partition coefficient (Wildman–Crippen LogP) is 1.50. The summed E-state index contributed by atoms with van der Waals surface area (Å²) >= 11 is 0. The molecule has 0 amide bonds. The molecular formula is C13H21N3O. The van der Waals surface area contributed by atoms with Crippen molar-refractivity contribution in [3.8, 4) is 0 Å². The smallest absolute Gasteiger partial charge is 0.0896 e. The van der Waals surface area contributed by atoms with Crippen LogP contribution in [0.4, 0.5) is 0 Å². The maximum absolute atomic E-state index is 5.84. The Balaban J connectivity index is 1.55. The minimum absolute atomic E-state index is 0.246. The molecule has 3 rings (SSSR count). The van der Waals surface area contributed by atoms with Gasteiger partial charge < -0.3 is 10.1 Å². The minimum atomic E-state index is 0.246. The van der Waals surface area contributed by atoms with Gasteiger partial charge in [0.1, 0.15) is 0 Å². The maximum Gasteiger partial charge on any atom is 0.0896 e. The lowest BCUT2D eigenvalue weighted by atomic mass is 9.97. The van der Waals surface area contributed by atoms with Crippen LogP contribution in [0.15, 0.2) is 12.4 Å². The van der Waals surface area contributed by atoms with E-state index in [1.165, 1.54) is 24.9 Å². The molecule has 1 aliphatic carbocycles. The summed E-state index contributed by atoms with van der Waals surface area (Å²) in [6, 6.07) is 0. The highest BCUT2D eigenvalue weighted by Crippen LogP contribution is 2.34. The number of nitrogens with zero attached hydrogens (tertiary/aromatic N) is 2. The van der Waals surface area contributed by atoms with Crippen molar-refractivity contribution in [1.29, 1.82) is 0 Å². The van der Waals surface area contributed by atoms with Crippen LogP contribution >= 0.6 is 0 Å². The van der Waals surface area contributed by atoms with Gasteiger partial charge in [-0.3, -0.25) is 4.68 Å². The van der Waals surface area contributed by atoms with E-state index in [1.807, 2.05) is 17.9 Å². The first-order valence-corrected chi connectivity index (χ1v) is 6.64.